The second kappa shape index (κ2) is 18.4. The number of aromatic nitrogens is 1. The van der Waals surface area contributed by atoms with Gasteiger partial charge in [0.2, 0.25) is 0 Å². The highest BCUT2D eigenvalue weighted by molar-refractivity contribution is 5.60. The number of hydrogen-bond acceptors (Lipinski definition) is 2. The van der Waals surface area contributed by atoms with Gasteiger partial charge in [-0.1, -0.05) is 116 Å². The predicted octanol–water partition coefficient (Wildman–Crippen LogP) is 10.1. The van der Waals surface area contributed by atoms with Gasteiger partial charge >= 0.3 is 0 Å². The Balaban J connectivity index is 1.44. The van der Waals surface area contributed by atoms with E-state index in [0.717, 1.165) is 30.5 Å². The fourth-order valence-corrected chi connectivity index (χ4v) is 4.41. The van der Waals surface area contributed by atoms with E-state index in [1.165, 1.54) is 102 Å². The van der Waals surface area contributed by atoms with Crippen molar-refractivity contribution in [2.45, 2.75) is 123 Å². The Morgan fingerprint density at radius 3 is 1.71 bits per heavy atom. The lowest BCUT2D eigenvalue weighted by Gasteiger charge is -2.09. The summed E-state index contributed by atoms with van der Waals surface area (Å²) in [7, 11) is 0. The minimum absolute atomic E-state index is 0.310. The van der Waals surface area contributed by atoms with E-state index in [1.54, 1.807) is 6.07 Å². The molecule has 0 saturated heterocycles. The Bertz CT molecular complexity index is 759. The molecule has 0 spiro atoms. The van der Waals surface area contributed by atoms with E-state index in [9.17, 15) is 4.39 Å². The summed E-state index contributed by atoms with van der Waals surface area (Å²) in [6.07, 6.45) is 24.4. The van der Waals surface area contributed by atoms with Crippen molar-refractivity contribution >= 4 is 0 Å². The van der Waals surface area contributed by atoms with Crippen LogP contribution < -0.4 is 4.74 Å². The number of pyridine rings is 1. The van der Waals surface area contributed by atoms with Crippen molar-refractivity contribution < 1.29 is 9.13 Å². The van der Waals surface area contributed by atoms with E-state index >= 15 is 0 Å². The van der Waals surface area contributed by atoms with Gasteiger partial charge in [-0.15, -0.1) is 0 Å². The zero-order valence-electron chi connectivity index (χ0n) is 21.9. The Kier molecular flexibility index (Phi) is 15.4. The first kappa shape index (κ1) is 28.3. The van der Waals surface area contributed by atoms with Crippen LogP contribution in [0.5, 0.6) is 5.75 Å². The topological polar surface area (TPSA) is 22.1 Å². The fourth-order valence-electron chi connectivity index (χ4n) is 4.41. The van der Waals surface area contributed by atoms with Crippen molar-refractivity contribution in [2.24, 2.45) is 0 Å². The molecule has 0 aliphatic heterocycles. The summed E-state index contributed by atoms with van der Waals surface area (Å²) < 4.78 is 20.1. The minimum Gasteiger partial charge on any atom is -0.491 e. The molecule has 0 aliphatic rings. The summed E-state index contributed by atoms with van der Waals surface area (Å²) in [4.78, 5) is 4.43. The number of nitrogens with zero attached hydrogens (tertiary/aromatic N) is 1. The number of aryl methyl sites for hydroxylation is 1. The Labute approximate surface area is 208 Å². The van der Waals surface area contributed by atoms with Crippen molar-refractivity contribution in [2.75, 3.05) is 6.61 Å². The van der Waals surface area contributed by atoms with Crippen LogP contribution in [-0.4, -0.2) is 11.6 Å². The smallest absolute Gasteiger partial charge is 0.165 e. The molecule has 2 nitrogen and oxygen atoms in total. The summed E-state index contributed by atoms with van der Waals surface area (Å²) in [6, 6.07) is 9.13. The average Bonchev–Trinajstić information content (AvgIpc) is 2.86. The zero-order chi connectivity index (χ0) is 24.3. The maximum atomic E-state index is 14.4. The number of ether oxygens (including phenoxy) is 1. The summed E-state index contributed by atoms with van der Waals surface area (Å²) in [5, 5.41) is 0. The molecule has 1 heterocycles. The normalized spacial score (nSPS) is 11.1. The van der Waals surface area contributed by atoms with Gasteiger partial charge in [0.15, 0.2) is 11.6 Å². The van der Waals surface area contributed by atoms with Gasteiger partial charge < -0.3 is 4.74 Å². The molecule has 0 bridgehead atoms. The third-order valence-electron chi connectivity index (χ3n) is 6.72. The molecule has 2 rings (SSSR count). The Morgan fingerprint density at radius 2 is 1.24 bits per heavy atom. The molecule has 1 aromatic heterocycles. The Hall–Kier alpha value is -1.90. The molecule has 3 heteroatoms. The van der Waals surface area contributed by atoms with Crippen molar-refractivity contribution in [1.29, 1.82) is 0 Å². The highest BCUT2D eigenvalue weighted by Crippen LogP contribution is 2.25. The van der Waals surface area contributed by atoms with Gasteiger partial charge in [0.05, 0.1) is 12.3 Å². The maximum absolute atomic E-state index is 14.4. The lowest BCUT2D eigenvalue weighted by molar-refractivity contribution is 0.290. The van der Waals surface area contributed by atoms with E-state index in [0.29, 0.717) is 12.4 Å². The maximum Gasteiger partial charge on any atom is 0.165 e. The van der Waals surface area contributed by atoms with Gasteiger partial charge in [0.1, 0.15) is 0 Å². The zero-order valence-corrected chi connectivity index (χ0v) is 21.9. The first-order chi connectivity index (χ1) is 16.7. The van der Waals surface area contributed by atoms with Gasteiger partial charge in [-0.25, -0.2) is 4.39 Å². The van der Waals surface area contributed by atoms with E-state index < -0.39 is 0 Å². The van der Waals surface area contributed by atoms with Crippen LogP contribution in [0.15, 0.2) is 36.5 Å². The van der Waals surface area contributed by atoms with Crippen LogP contribution in [0.25, 0.3) is 11.3 Å². The molecule has 34 heavy (non-hydrogen) atoms. The highest BCUT2D eigenvalue weighted by Gasteiger charge is 2.07. The van der Waals surface area contributed by atoms with Gasteiger partial charge in [0.25, 0.3) is 0 Å². The summed E-state index contributed by atoms with van der Waals surface area (Å²) in [6.45, 7) is 4.96. The molecule has 0 atom stereocenters. The summed E-state index contributed by atoms with van der Waals surface area (Å²) >= 11 is 0. The van der Waals surface area contributed by atoms with Gasteiger partial charge in [-0.05, 0) is 42.7 Å². The van der Waals surface area contributed by atoms with E-state index in [1.807, 2.05) is 24.4 Å². The van der Waals surface area contributed by atoms with Crippen LogP contribution in [0.3, 0.4) is 0 Å². The fraction of sp³-hybridized carbons (Fsp3) is 0.645. The van der Waals surface area contributed by atoms with Crippen molar-refractivity contribution in [3.63, 3.8) is 0 Å². The average molecular weight is 470 g/mol. The van der Waals surface area contributed by atoms with Gasteiger partial charge in [-0.3, -0.25) is 4.98 Å². The monoisotopic (exact) mass is 469 g/mol. The molecular formula is C31H48FNO. The van der Waals surface area contributed by atoms with Crippen LogP contribution in [0.1, 0.15) is 122 Å². The van der Waals surface area contributed by atoms with E-state index in [-0.39, 0.29) is 5.82 Å². The number of unbranched alkanes of at least 4 members (excludes halogenated alkanes) is 15. The van der Waals surface area contributed by atoms with Crippen LogP contribution in [0.2, 0.25) is 0 Å². The minimum atomic E-state index is -0.310. The number of benzene rings is 1. The molecule has 0 amide bonds. The van der Waals surface area contributed by atoms with Crippen molar-refractivity contribution in [3.8, 4) is 17.0 Å². The Morgan fingerprint density at radius 1 is 0.676 bits per heavy atom. The lowest BCUT2D eigenvalue weighted by atomic mass is 10.0. The van der Waals surface area contributed by atoms with E-state index in [4.69, 9.17) is 4.74 Å². The first-order valence-corrected chi connectivity index (χ1v) is 14.1. The number of halogens is 1. The molecule has 0 unspecified atom stereocenters. The predicted molar refractivity (Wildman–Crippen MR) is 144 cm³/mol. The van der Waals surface area contributed by atoms with E-state index in [2.05, 4.69) is 18.8 Å². The molecule has 0 aliphatic carbocycles. The molecule has 190 valence electrons. The van der Waals surface area contributed by atoms with Crippen molar-refractivity contribution in [1.82, 2.24) is 4.98 Å². The molecule has 0 radical (unpaired) electrons. The highest BCUT2D eigenvalue weighted by atomic mass is 19.1. The molecule has 1 aromatic carbocycles. The van der Waals surface area contributed by atoms with Crippen LogP contribution in [-0.2, 0) is 6.42 Å². The molecule has 0 N–H and O–H groups in total. The van der Waals surface area contributed by atoms with Crippen LogP contribution in [0, 0.1) is 5.82 Å². The molecule has 0 fully saturated rings. The van der Waals surface area contributed by atoms with Gasteiger partial charge in [0, 0.05) is 11.8 Å². The summed E-state index contributed by atoms with van der Waals surface area (Å²) in [5.74, 6) is 0.0326. The first-order valence-electron chi connectivity index (χ1n) is 14.1. The third kappa shape index (κ3) is 12.0. The van der Waals surface area contributed by atoms with Crippen LogP contribution >= 0.6 is 0 Å². The molecule has 0 saturated carbocycles. The quantitative estimate of drug-likeness (QED) is 0.180. The van der Waals surface area contributed by atoms with Gasteiger partial charge in [-0.2, -0.15) is 0 Å². The second-order valence-corrected chi connectivity index (χ2v) is 9.70. The third-order valence-corrected chi connectivity index (χ3v) is 6.72. The number of hydrogen-bond donors (Lipinski definition) is 0. The molecule has 2 aromatic rings. The van der Waals surface area contributed by atoms with Crippen LogP contribution in [0.4, 0.5) is 4.39 Å². The number of rotatable bonds is 20. The second-order valence-electron chi connectivity index (χ2n) is 9.70. The SMILES string of the molecule is CCCCCCCCCCCCCCCCCCOc1ccc(-c2ccc(CC)cn2)cc1F. The lowest BCUT2D eigenvalue weighted by Crippen LogP contribution is -1.99. The largest absolute Gasteiger partial charge is 0.491 e. The van der Waals surface area contributed by atoms with Crippen molar-refractivity contribution in [3.05, 3.63) is 47.9 Å². The summed E-state index contributed by atoms with van der Waals surface area (Å²) in [5.41, 5.74) is 2.76. The molecular weight excluding hydrogens is 421 g/mol. The standard InChI is InChI=1S/C31H48FNO/c1-3-5-6-7-8-9-10-11-12-13-14-15-16-17-18-19-24-34-31-23-21-28(25-29(31)32)30-22-20-27(4-2)26-33-30/h20-23,25-26H,3-19,24H2,1-2H3.